The zero-order valence-corrected chi connectivity index (χ0v) is 15.7. The van der Waals surface area contributed by atoms with Crippen molar-refractivity contribution in [3.63, 3.8) is 0 Å². The third-order valence-corrected chi connectivity index (χ3v) is 4.45. The van der Waals surface area contributed by atoms with Crippen LogP contribution in [0, 0.1) is 5.92 Å². The van der Waals surface area contributed by atoms with Gasteiger partial charge in [-0.15, -0.1) is 0 Å². The Morgan fingerprint density at radius 1 is 1.12 bits per heavy atom. The van der Waals surface area contributed by atoms with Crippen molar-refractivity contribution in [3.8, 4) is 0 Å². The van der Waals surface area contributed by atoms with E-state index in [1.807, 2.05) is 26.0 Å². The smallest absolute Gasteiger partial charge is 0.338 e. The van der Waals surface area contributed by atoms with Crippen molar-refractivity contribution in [1.29, 1.82) is 0 Å². The highest BCUT2D eigenvalue weighted by Gasteiger charge is 2.23. The molecule has 0 aliphatic heterocycles. The van der Waals surface area contributed by atoms with Gasteiger partial charge in [-0.25, -0.2) is 9.59 Å². The number of benzene rings is 1. The van der Waals surface area contributed by atoms with Gasteiger partial charge in [0.1, 0.15) is 6.04 Å². The average Bonchev–Trinajstić information content (AvgIpc) is 2.64. The van der Waals surface area contributed by atoms with Gasteiger partial charge < -0.3 is 14.8 Å². The van der Waals surface area contributed by atoms with Crippen molar-refractivity contribution < 1.29 is 23.9 Å². The topological polar surface area (TPSA) is 81.7 Å². The number of carbonyl (C=O) groups is 3. The van der Waals surface area contributed by atoms with E-state index in [1.165, 1.54) is 24.7 Å². The summed E-state index contributed by atoms with van der Waals surface area (Å²) in [4.78, 5) is 36.0. The largest absolute Gasteiger partial charge is 0.467 e. The Bertz CT molecular complexity index is 668. The van der Waals surface area contributed by atoms with E-state index in [0.29, 0.717) is 12.0 Å². The lowest BCUT2D eigenvalue weighted by molar-refractivity contribution is -0.145. The summed E-state index contributed by atoms with van der Waals surface area (Å²) >= 11 is 0. The van der Waals surface area contributed by atoms with Gasteiger partial charge >= 0.3 is 11.9 Å². The summed E-state index contributed by atoms with van der Waals surface area (Å²) < 4.78 is 9.80. The van der Waals surface area contributed by atoms with Gasteiger partial charge in [0.15, 0.2) is 6.61 Å². The summed E-state index contributed by atoms with van der Waals surface area (Å²) in [7, 11) is 1.28. The molecule has 0 saturated heterocycles. The van der Waals surface area contributed by atoms with Crippen LogP contribution in [0.5, 0.6) is 0 Å². The van der Waals surface area contributed by atoms with Crippen molar-refractivity contribution in [2.24, 2.45) is 5.92 Å². The molecule has 1 aliphatic carbocycles. The molecule has 1 aromatic carbocycles. The molecule has 1 N–H and O–H groups in total. The van der Waals surface area contributed by atoms with Crippen molar-refractivity contribution in [1.82, 2.24) is 5.32 Å². The molecule has 0 bridgehead atoms. The van der Waals surface area contributed by atoms with Crippen LogP contribution in [-0.4, -0.2) is 37.6 Å². The fourth-order valence-electron chi connectivity index (χ4n) is 3.14. The zero-order valence-electron chi connectivity index (χ0n) is 15.7. The molecule has 2 rings (SSSR count). The van der Waals surface area contributed by atoms with Crippen LogP contribution in [0.15, 0.2) is 18.2 Å². The molecule has 0 radical (unpaired) electrons. The van der Waals surface area contributed by atoms with Gasteiger partial charge in [-0.2, -0.15) is 0 Å². The highest BCUT2D eigenvalue weighted by molar-refractivity contribution is 5.92. The predicted molar refractivity (Wildman–Crippen MR) is 96.8 cm³/mol. The number of hydrogen-bond donors (Lipinski definition) is 1. The maximum atomic E-state index is 12.2. The summed E-state index contributed by atoms with van der Waals surface area (Å²) in [6.07, 6.45) is 4.76. The van der Waals surface area contributed by atoms with E-state index in [4.69, 9.17) is 9.47 Å². The van der Waals surface area contributed by atoms with E-state index in [9.17, 15) is 14.4 Å². The molecule has 0 fully saturated rings. The number of aryl methyl sites for hydroxylation is 2. The lowest BCUT2D eigenvalue weighted by Gasteiger charge is -2.18. The Morgan fingerprint density at radius 3 is 2.46 bits per heavy atom. The van der Waals surface area contributed by atoms with Crippen LogP contribution in [0.3, 0.4) is 0 Å². The second kappa shape index (κ2) is 9.36. The van der Waals surface area contributed by atoms with Crippen molar-refractivity contribution in [2.75, 3.05) is 13.7 Å². The molecule has 1 aromatic rings. The van der Waals surface area contributed by atoms with Gasteiger partial charge in [0, 0.05) is 0 Å². The molecular weight excluding hydrogens is 334 g/mol. The highest BCUT2D eigenvalue weighted by Crippen LogP contribution is 2.22. The molecular formula is C20H27NO5. The average molecular weight is 361 g/mol. The molecule has 0 spiro atoms. The Labute approximate surface area is 154 Å². The van der Waals surface area contributed by atoms with Crippen molar-refractivity contribution in [2.45, 2.75) is 52.0 Å². The fourth-order valence-corrected chi connectivity index (χ4v) is 3.14. The van der Waals surface area contributed by atoms with E-state index in [2.05, 4.69) is 5.32 Å². The first kappa shape index (κ1) is 19.9. The quantitative estimate of drug-likeness (QED) is 0.754. The van der Waals surface area contributed by atoms with Crippen LogP contribution in [-0.2, 0) is 31.9 Å². The molecule has 0 unspecified atom stereocenters. The lowest BCUT2D eigenvalue weighted by Crippen LogP contribution is -2.44. The van der Waals surface area contributed by atoms with Gasteiger partial charge in [0.2, 0.25) is 0 Å². The second-order valence-corrected chi connectivity index (χ2v) is 7.04. The van der Waals surface area contributed by atoms with Gasteiger partial charge in [0.25, 0.3) is 5.91 Å². The number of hydrogen-bond acceptors (Lipinski definition) is 5. The zero-order chi connectivity index (χ0) is 19.1. The Hall–Kier alpha value is -2.37. The summed E-state index contributed by atoms with van der Waals surface area (Å²) in [5, 5.41) is 2.57. The van der Waals surface area contributed by atoms with Crippen LogP contribution in [0.1, 0.15) is 54.6 Å². The number of nitrogens with one attached hydrogen (secondary N) is 1. The van der Waals surface area contributed by atoms with Gasteiger partial charge in [0.05, 0.1) is 12.7 Å². The highest BCUT2D eigenvalue weighted by atomic mass is 16.5. The van der Waals surface area contributed by atoms with Crippen molar-refractivity contribution in [3.05, 3.63) is 34.9 Å². The monoisotopic (exact) mass is 361 g/mol. The number of rotatable bonds is 7. The molecule has 0 aromatic heterocycles. The summed E-state index contributed by atoms with van der Waals surface area (Å²) in [5.74, 6) is -1.36. The summed E-state index contributed by atoms with van der Waals surface area (Å²) in [5.41, 5.74) is 2.91. The molecule has 142 valence electrons. The SMILES string of the molecule is COC(=O)[C@@H](CC(C)C)NC(=O)COC(=O)c1ccc2c(c1)CCCC2. The number of carbonyl (C=O) groups excluding carboxylic acids is 3. The van der Waals surface area contributed by atoms with Gasteiger partial charge in [-0.05, 0) is 61.3 Å². The molecule has 1 atom stereocenters. The number of esters is 2. The first-order chi connectivity index (χ1) is 12.4. The number of ether oxygens (including phenoxy) is 2. The number of amides is 1. The first-order valence-electron chi connectivity index (χ1n) is 9.06. The standard InChI is InChI=1S/C20H27NO5/c1-13(2)10-17(20(24)25-3)21-18(22)12-26-19(23)16-9-8-14-6-4-5-7-15(14)11-16/h8-9,11,13,17H,4-7,10,12H2,1-3H3,(H,21,22)/t17-/m1/s1. The fraction of sp³-hybridized carbons (Fsp3) is 0.550. The third-order valence-electron chi connectivity index (χ3n) is 4.45. The Morgan fingerprint density at radius 2 is 1.81 bits per heavy atom. The normalized spacial score (nSPS) is 14.3. The maximum absolute atomic E-state index is 12.2. The Balaban J connectivity index is 1.89. The summed E-state index contributed by atoms with van der Waals surface area (Å²) in [6.45, 7) is 3.46. The minimum Gasteiger partial charge on any atom is -0.467 e. The maximum Gasteiger partial charge on any atom is 0.338 e. The molecule has 0 heterocycles. The molecule has 1 aliphatic rings. The number of methoxy groups -OCH3 is 1. The van der Waals surface area contributed by atoms with E-state index in [-0.39, 0.29) is 5.92 Å². The van der Waals surface area contributed by atoms with E-state index < -0.39 is 30.5 Å². The molecule has 6 heteroatoms. The minimum absolute atomic E-state index is 0.206. The lowest BCUT2D eigenvalue weighted by atomic mass is 9.90. The molecule has 1 amide bonds. The molecule has 6 nitrogen and oxygen atoms in total. The van der Waals surface area contributed by atoms with Crippen LogP contribution in [0.25, 0.3) is 0 Å². The van der Waals surface area contributed by atoms with E-state index in [0.717, 1.165) is 19.3 Å². The number of fused-ring (bicyclic) bond motifs is 1. The van der Waals surface area contributed by atoms with E-state index in [1.54, 1.807) is 6.07 Å². The minimum atomic E-state index is -0.741. The van der Waals surface area contributed by atoms with Crippen LogP contribution < -0.4 is 5.32 Å². The van der Waals surface area contributed by atoms with Crippen LogP contribution in [0.2, 0.25) is 0 Å². The van der Waals surface area contributed by atoms with Gasteiger partial charge in [-0.1, -0.05) is 19.9 Å². The first-order valence-corrected chi connectivity index (χ1v) is 9.06. The predicted octanol–water partition coefficient (Wildman–Crippen LogP) is 2.43. The molecule has 0 saturated carbocycles. The van der Waals surface area contributed by atoms with Crippen LogP contribution >= 0.6 is 0 Å². The Kier molecular flexibility index (Phi) is 7.18. The van der Waals surface area contributed by atoms with Gasteiger partial charge in [-0.3, -0.25) is 4.79 Å². The van der Waals surface area contributed by atoms with E-state index >= 15 is 0 Å². The van der Waals surface area contributed by atoms with Crippen LogP contribution in [0.4, 0.5) is 0 Å². The second-order valence-electron chi connectivity index (χ2n) is 7.04. The van der Waals surface area contributed by atoms with Crippen molar-refractivity contribution >= 4 is 17.8 Å². The molecule has 26 heavy (non-hydrogen) atoms. The summed E-state index contributed by atoms with van der Waals surface area (Å²) in [6, 6.07) is 4.81. The third kappa shape index (κ3) is 5.58.